The van der Waals surface area contributed by atoms with E-state index in [0.29, 0.717) is 11.2 Å². The average molecular weight is 339 g/mol. The molecule has 1 aliphatic heterocycles. The fraction of sp³-hybridized carbons (Fsp3) is 0.444. The quantitative estimate of drug-likeness (QED) is 0.731. The molecule has 7 heteroatoms. The molecule has 0 bridgehead atoms. The molecule has 4 rings (SSSR count). The van der Waals surface area contributed by atoms with E-state index in [2.05, 4.69) is 19.7 Å². The molecule has 25 heavy (non-hydrogen) atoms. The summed E-state index contributed by atoms with van der Waals surface area (Å²) in [7, 11) is 3.50. The van der Waals surface area contributed by atoms with E-state index in [9.17, 15) is 4.79 Å². The highest BCUT2D eigenvalue weighted by Gasteiger charge is 2.21. The number of fused-ring (bicyclic) bond motifs is 3. The van der Waals surface area contributed by atoms with Crippen LogP contribution in [0.1, 0.15) is 29.0 Å². The Balaban J connectivity index is 1.90. The van der Waals surface area contributed by atoms with Crippen molar-refractivity contribution in [1.29, 1.82) is 0 Å². The third-order valence-electron chi connectivity index (χ3n) is 4.71. The summed E-state index contributed by atoms with van der Waals surface area (Å²) in [4.78, 5) is 18.5. The Morgan fingerprint density at radius 1 is 1.36 bits per heavy atom. The minimum atomic E-state index is -0.0335. The second-order valence-corrected chi connectivity index (χ2v) is 6.71. The van der Waals surface area contributed by atoms with E-state index in [1.165, 1.54) is 0 Å². The maximum atomic E-state index is 12.3. The van der Waals surface area contributed by atoms with Gasteiger partial charge in [-0.1, -0.05) is 0 Å². The maximum absolute atomic E-state index is 12.3. The molecule has 1 atom stereocenters. The first-order valence-corrected chi connectivity index (χ1v) is 8.51. The molecule has 1 aromatic carbocycles. The highest BCUT2D eigenvalue weighted by atomic mass is 16.5. The first-order chi connectivity index (χ1) is 12.0. The van der Waals surface area contributed by atoms with Gasteiger partial charge < -0.3 is 14.2 Å². The van der Waals surface area contributed by atoms with Crippen LogP contribution in [0.3, 0.4) is 0 Å². The summed E-state index contributed by atoms with van der Waals surface area (Å²) in [5.41, 5.74) is 2.93. The monoisotopic (exact) mass is 339 g/mol. The van der Waals surface area contributed by atoms with E-state index in [1.54, 1.807) is 25.1 Å². The molecular formula is C18H21N5O2. The van der Waals surface area contributed by atoms with Crippen molar-refractivity contribution >= 4 is 28.0 Å². The second kappa shape index (κ2) is 6.07. The first kappa shape index (κ1) is 16.0. The number of carbonyl (C=O) groups is 1. The Kier molecular flexibility index (Phi) is 3.88. The van der Waals surface area contributed by atoms with Crippen molar-refractivity contribution in [1.82, 2.24) is 24.6 Å². The van der Waals surface area contributed by atoms with Gasteiger partial charge in [0.05, 0.1) is 23.7 Å². The minimum Gasteiger partial charge on any atom is -0.376 e. The molecule has 0 spiro atoms. The zero-order valence-electron chi connectivity index (χ0n) is 14.7. The van der Waals surface area contributed by atoms with Gasteiger partial charge in [-0.25, -0.2) is 4.98 Å². The molecule has 1 aliphatic rings. The Morgan fingerprint density at radius 2 is 2.20 bits per heavy atom. The maximum Gasteiger partial charge on any atom is 0.253 e. The number of aromatic nitrogens is 4. The number of carbonyl (C=O) groups excluding carboxylic acids is 1. The number of amides is 1. The molecule has 130 valence electrons. The average Bonchev–Trinajstić information content (AvgIpc) is 3.22. The van der Waals surface area contributed by atoms with E-state index < -0.39 is 0 Å². The van der Waals surface area contributed by atoms with Crippen LogP contribution in [0, 0.1) is 6.92 Å². The van der Waals surface area contributed by atoms with Gasteiger partial charge in [-0.2, -0.15) is 0 Å². The lowest BCUT2D eigenvalue weighted by Crippen LogP contribution is -2.21. The van der Waals surface area contributed by atoms with E-state index in [4.69, 9.17) is 4.74 Å². The zero-order valence-corrected chi connectivity index (χ0v) is 14.7. The summed E-state index contributed by atoms with van der Waals surface area (Å²) < 4.78 is 7.94. The molecule has 3 aromatic rings. The van der Waals surface area contributed by atoms with Gasteiger partial charge in [0.2, 0.25) is 5.65 Å². The zero-order chi connectivity index (χ0) is 17.6. The first-order valence-electron chi connectivity index (χ1n) is 8.51. The topological polar surface area (TPSA) is 73.1 Å². The van der Waals surface area contributed by atoms with Crippen LogP contribution in [-0.4, -0.2) is 57.4 Å². The lowest BCUT2D eigenvalue weighted by atomic mass is 10.1. The standard InChI is InChI=1S/C18H21N5O2/c1-11-19-17-16(23(11)10-13-5-4-8-25-13)14-9-12(18(24)22(2)3)6-7-15(14)20-21-17/h6-7,9,13H,4-5,8,10H2,1-3H3. The lowest BCUT2D eigenvalue weighted by Gasteiger charge is -2.14. The number of benzene rings is 1. The molecule has 1 fully saturated rings. The molecule has 0 N–H and O–H groups in total. The van der Waals surface area contributed by atoms with Gasteiger partial charge in [-0.15, -0.1) is 10.2 Å². The number of hydrogen-bond donors (Lipinski definition) is 0. The van der Waals surface area contributed by atoms with Crippen molar-refractivity contribution < 1.29 is 9.53 Å². The molecule has 1 saturated heterocycles. The van der Waals surface area contributed by atoms with Gasteiger partial charge in [0, 0.05) is 31.7 Å². The van der Waals surface area contributed by atoms with Gasteiger partial charge >= 0.3 is 0 Å². The van der Waals surface area contributed by atoms with Crippen molar-refractivity contribution in [2.75, 3.05) is 20.7 Å². The summed E-state index contributed by atoms with van der Waals surface area (Å²) in [6, 6.07) is 5.53. The third kappa shape index (κ3) is 2.74. The predicted octanol–water partition coefficient (Wildman–Crippen LogP) is 2.17. The highest BCUT2D eigenvalue weighted by Crippen LogP contribution is 2.26. The van der Waals surface area contributed by atoms with Crippen LogP contribution in [0.4, 0.5) is 0 Å². The van der Waals surface area contributed by atoms with Gasteiger partial charge in [0.1, 0.15) is 5.82 Å². The van der Waals surface area contributed by atoms with Gasteiger partial charge in [0.15, 0.2) is 0 Å². The Hall–Kier alpha value is -2.54. The van der Waals surface area contributed by atoms with Crippen LogP contribution in [0.25, 0.3) is 22.1 Å². The largest absolute Gasteiger partial charge is 0.376 e. The van der Waals surface area contributed by atoms with Crippen LogP contribution in [0.5, 0.6) is 0 Å². The molecule has 2 aromatic heterocycles. The molecular weight excluding hydrogens is 318 g/mol. The van der Waals surface area contributed by atoms with Crippen LogP contribution >= 0.6 is 0 Å². The van der Waals surface area contributed by atoms with E-state index in [-0.39, 0.29) is 12.0 Å². The van der Waals surface area contributed by atoms with Crippen molar-refractivity contribution in [2.24, 2.45) is 0 Å². The van der Waals surface area contributed by atoms with Crippen LogP contribution in [-0.2, 0) is 11.3 Å². The summed E-state index contributed by atoms with van der Waals surface area (Å²) in [5.74, 6) is 0.852. The van der Waals surface area contributed by atoms with Crippen LogP contribution in [0.15, 0.2) is 18.2 Å². The van der Waals surface area contributed by atoms with E-state index >= 15 is 0 Å². The molecule has 0 saturated carbocycles. The second-order valence-electron chi connectivity index (χ2n) is 6.71. The molecule has 3 heterocycles. The van der Waals surface area contributed by atoms with Crippen molar-refractivity contribution in [3.8, 4) is 0 Å². The fourth-order valence-corrected chi connectivity index (χ4v) is 3.41. The molecule has 0 aliphatic carbocycles. The smallest absolute Gasteiger partial charge is 0.253 e. The summed E-state index contributed by atoms with van der Waals surface area (Å²) in [6.07, 6.45) is 2.35. The van der Waals surface area contributed by atoms with Gasteiger partial charge in [-0.05, 0) is 38.0 Å². The summed E-state index contributed by atoms with van der Waals surface area (Å²) in [5, 5.41) is 9.42. The SMILES string of the molecule is Cc1nc2nnc3ccc(C(=O)N(C)C)cc3c2n1CC1CCCO1. The Labute approximate surface area is 145 Å². The molecule has 1 unspecified atom stereocenters. The van der Waals surface area contributed by atoms with E-state index in [1.807, 2.05) is 19.1 Å². The van der Waals surface area contributed by atoms with Gasteiger partial charge in [0.25, 0.3) is 5.91 Å². The third-order valence-corrected chi connectivity index (χ3v) is 4.71. The number of ether oxygens (including phenoxy) is 1. The van der Waals surface area contributed by atoms with Crippen LogP contribution < -0.4 is 0 Å². The Bertz CT molecular complexity index is 957. The summed E-state index contributed by atoms with van der Waals surface area (Å²) >= 11 is 0. The minimum absolute atomic E-state index is 0.0335. The number of hydrogen-bond acceptors (Lipinski definition) is 5. The number of aryl methyl sites for hydroxylation is 1. The number of rotatable bonds is 3. The van der Waals surface area contributed by atoms with Crippen molar-refractivity contribution in [3.05, 3.63) is 29.6 Å². The fourth-order valence-electron chi connectivity index (χ4n) is 3.41. The lowest BCUT2D eigenvalue weighted by molar-refractivity contribution is 0.0827. The Morgan fingerprint density at radius 3 is 2.92 bits per heavy atom. The van der Waals surface area contributed by atoms with Crippen molar-refractivity contribution in [2.45, 2.75) is 32.4 Å². The number of imidazole rings is 1. The predicted molar refractivity (Wildman–Crippen MR) is 94.6 cm³/mol. The normalized spacial score (nSPS) is 17.5. The molecule has 1 amide bonds. The van der Waals surface area contributed by atoms with E-state index in [0.717, 1.165) is 48.2 Å². The van der Waals surface area contributed by atoms with Crippen molar-refractivity contribution in [3.63, 3.8) is 0 Å². The molecule has 0 radical (unpaired) electrons. The van der Waals surface area contributed by atoms with Gasteiger partial charge in [-0.3, -0.25) is 4.79 Å². The highest BCUT2D eigenvalue weighted by molar-refractivity contribution is 6.05. The summed E-state index contributed by atoms with van der Waals surface area (Å²) in [6.45, 7) is 3.53. The van der Waals surface area contributed by atoms with Crippen LogP contribution in [0.2, 0.25) is 0 Å². The number of nitrogens with zero attached hydrogens (tertiary/aromatic N) is 5. The molecule has 7 nitrogen and oxygen atoms in total.